The maximum atomic E-state index is 5.69. The zero-order chi connectivity index (χ0) is 11.6. The molecule has 0 aromatic carbocycles. The molecule has 0 fully saturated rings. The van der Waals surface area contributed by atoms with E-state index in [-0.39, 0.29) is 0 Å². The fourth-order valence-corrected chi connectivity index (χ4v) is 2.89. The molecule has 0 atom stereocenters. The van der Waals surface area contributed by atoms with Gasteiger partial charge in [0.2, 0.25) is 0 Å². The van der Waals surface area contributed by atoms with Crippen molar-refractivity contribution in [2.45, 2.75) is 32.4 Å². The van der Waals surface area contributed by atoms with E-state index >= 15 is 0 Å². The zero-order valence-corrected chi connectivity index (χ0v) is 11.9. The molecule has 0 N–H and O–H groups in total. The summed E-state index contributed by atoms with van der Waals surface area (Å²) in [4.78, 5) is 4.32. The van der Waals surface area contributed by atoms with Crippen molar-refractivity contribution in [2.75, 3.05) is 6.61 Å². The summed E-state index contributed by atoms with van der Waals surface area (Å²) in [5, 5.41) is 0. The van der Waals surface area contributed by atoms with E-state index in [2.05, 4.69) is 35.3 Å². The fraction of sp³-hybridized carbons (Fsp3) is 0.545. The number of hydrogen-bond donors (Lipinski definition) is 0. The number of nitrogens with zero attached hydrogens (tertiary/aromatic N) is 2. The maximum Gasteiger partial charge on any atom is 0.152 e. The number of thiazole rings is 1. The normalized spacial score (nSPS) is 12.4. The minimum Gasteiger partial charge on any atom is -0.361 e. The molecule has 2 aromatic heterocycles. The van der Waals surface area contributed by atoms with Crippen LogP contribution >= 0.6 is 11.3 Å². The quantitative estimate of drug-likeness (QED) is 0.604. The summed E-state index contributed by atoms with van der Waals surface area (Å²) >= 11 is 1.67. The van der Waals surface area contributed by atoms with Gasteiger partial charge in [0.15, 0.2) is 5.65 Å². The minimum atomic E-state index is -0.968. The molecule has 0 spiro atoms. The summed E-state index contributed by atoms with van der Waals surface area (Å²) in [5.41, 5.74) is 2.92. The molecule has 0 bridgehead atoms. The molecule has 2 rings (SSSR count). The standard InChI is InChI=1S/C11H18N2OSSi/c1-16(2,3)7-6-14-9-13-5-4-10-11(13)12-8-15-10/h4-5,8H,6-7,9H2,1-3H3. The molecule has 0 aliphatic rings. The van der Waals surface area contributed by atoms with Crippen LogP contribution < -0.4 is 0 Å². The summed E-state index contributed by atoms with van der Waals surface area (Å²) in [5.74, 6) is 0. The van der Waals surface area contributed by atoms with Crippen molar-refractivity contribution in [3.8, 4) is 0 Å². The Hall–Kier alpha value is -0.653. The Morgan fingerprint density at radius 3 is 3.00 bits per heavy atom. The van der Waals surface area contributed by atoms with Crippen LogP contribution in [-0.2, 0) is 11.5 Å². The first-order valence-electron chi connectivity index (χ1n) is 5.52. The lowest BCUT2D eigenvalue weighted by Gasteiger charge is -2.15. The molecule has 0 saturated heterocycles. The van der Waals surface area contributed by atoms with Gasteiger partial charge in [-0.1, -0.05) is 19.6 Å². The Kier molecular flexibility index (Phi) is 3.46. The molecule has 0 amide bonds. The van der Waals surface area contributed by atoms with E-state index in [4.69, 9.17) is 4.74 Å². The summed E-state index contributed by atoms with van der Waals surface area (Å²) in [6, 6.07) is 3.31. The highest BCUT2D eigenvalue weighted by Crippen LogP contribution is 2.18. The predicted octanol–water partition coefficient (Wildman–Crippen LogP) is 3.41. The second-order valence-corrected chi connectivity index (χ2v) is 11.7. The van der Waals surface area contributed by atoms with Gasteiger partial charge in [0.25, 0.3) is 0 Å². The lowest BCUT2D eigenvalue weighted by molar-refractivity contribution is 0.0899. The summed E-state index contributed by atoms with van der Waals surface area (Å²) in [6.07, 6.45) is 2.04. The molecule has 2 heterocycles. The van der Waals surface area contributed by atoms with E-state index in [1.54, 1.807) is 11.3 Å². The van der Waals surface area contributed by atoms with Gasteiger partial charge in [-0.25, -0.2) is 4.98 Å². The van der Waals surface area contributed by atoms with Gasteiger partial charge >= 0.3 is 0 Å². The summed E-state index contributed by atoms with van der Waals surface area (Å²) in [6.45, 7) is 8.58. The van der Waals surface area contributed by atoms with Crippen molar-refractivity contribution < 1.29 is 4.74 Å². The Morgan fingerprint density at radius 1 is 1.44 bits per heavy atom. The Labute approximate surface area is 101 Å². The van der Waals surface area contributed by atoms with E-state index < -0.39 is 8.07 Å². The third-order valence-electron chi connectivity index (χ3n) is 2.48. The van der Waals surface area contributed by atoms with Crippen molar-refractivity contribution >= 4 is 29.8 Å². The number of fused-ring (bicyclic) bond motifs is 1. The van der Waals surface area contributed by atoms with Crippen LogP contribution in [0.1, 0.15) is 0 Å². The molecule has 0 aliphatic carbocycles. The lowest BCUT2D eigenvalue weighted by Crippen LogP contribution is -2.21. The zero-order valence-electron chi connectivity index (χ0n) is 10.1. The minimum absolute atomic E-state index is 0.623. The van der Waals surface area contributed by atoms with Gasteiger partial charge in [-0.2, -0.15) is 0 Å². The Bertz CT molecular complexity index is 458. The van der Waals surface area contributed by atoms with Crippen LogP contribution in [0.3, 0.4) is 0 Å². The molecule has 0 radical (unpaired) electrons. The van der Waals surface area contributed by atoms with Crippen LogP contribution in [0.15, 0.2) is 17.8 Å². The molecule has 0 unspecified atom stereocenters. The van der Waals surface area contributed by atoms with Gasteiger partial charge in [-0.05, 0) is 12.1 Å². The smallest absolute Gasteiger partial charge is 0.152 e. The topological polar surface area (TPSA) is 27.1 Å². The highest BCUT2D eigenvalue weighted by atomic mass is 32.1. The summed E-state index contributed by atoms with van der Waals surface area (Å²) < 4.78 is 8.99. The van der Waals surface area contributed by atoms with E-state index in [1.165, 1.54) is 10.7 Å². The number of ether oxygens (including phenoxy) is 1. The first kappa shape index (κ1) is 11.8. The van der Waals surface area contributed by atoms with Crippen LogP contribution in [0.2, 0.25) is 25.7 Å². The van der Waals surface area contributed by atoms with Gasteiger partial charge in [-0.3, -0.25) is 0 Å². The second-order valence-electron chi connectivity index (χ2n) is 5.17. The molecule has 3 nitrogen and oxygen atoms in total. The molecule has 0 aliphatic heterocycles. The van der Waals surface area contributed by atoms with Crippen molar-refractivity contribution in [3.63, 3.8) is 0 Å². The van der Waals surface area contributed by atoms with Crippen molar-refractivity contribution in [3.05, 3.63) is 17.8 Å². The van der Waals surface area contributed by atoms with Crippen molar-refractivity contribution in [1.82, 2.24) is 9.55 Å². The van der Waals surface area contributed by atoms with Gasteiger partial charge in [0.05, 0.1) is 10.2 Å². The predicted molar refractivity (Wildman–Crippen MR) is 71.7 cm³/mol. The van der Waals surface area contributed by atoms with Crippen LogP contribution in [0.4, 0.5) is 0 Å². The van der Waals surface area contributed by atoms with E-state index in [9.17, 15) is 0 Å². The average Bonchev–Trinajstić information content (AvgIpc) is 2.73. The first-order valence-corrected chi connectivity index (χ1v) is 10.1. The van der Waals surface area contributed by atoms with E-state index in [0.717, 1.165) is 12.3 Å². The third kappa shape index (κ3) is 2.93. The number of aromatic nitrogens is 2. The highest BCUT2D eigenvalue weighted by Gasteiger charge is 2.12. The molecule has 88 valence electrons. The van der Waals surface area contributed by atoms with Crippen molar-refractivity contribution in [1.29, 1.82) is 0 Å². The van der Waals surface area contributed by atoms with Gasteiger partial charge < -0.3 is 9.30 Å². The fourth-order valence-electron chi connectivity index (χ4n) is 1.45. The molecular formula is C11H18N2OSSi. The first-order chi connectivity index (χ1) is 7.56. The molecular weight excluding hydrogens is 236 g/mol. The van der Waals surface area contributed by atoms with Crippen LogP contribution in [0, 0.1) is 0 Å². The van der Waals surface area contributed by atoms with Gasteiger partial charge in [0.1, 0.15) is 6.73 Å². The van der Waals surface area contributed by atoms with Crippen molar-refractivity contribution in [2.24, 2.45) is 0 Å². The Morgan fingerprint density at radius 2 is 2.25 bits per heavy atom. The van der Waals surface area contributed by atoms with Crippen LogP contribution in [-0.4, -0.2) is 24.2 Å². The lowest BCUT2D eigenvalue weighted by atomic mass is 10.6. The maximum absolute atomic E-state index is 5.69. The third-order valence-corrected chi connectivity index (χ3v) is 4.97. The molecule has 2 aromatic rings. The summed E-state index contributed by atoms with van der Waals surface area (Å²) in [7, 11) is -0.968. The van der Waals surface area contributed by atoms with Crippen LogP contribution in [0.5, 0.6) is 0 Å². The second kappa shape index (κ2) is 4.69. The van der Waals surface area contributed by atoms with Gasteiger partial charge in [0, 0.05) is 20.9 Å². The largest absolute Gasteiger partial charge is 0.361 e. The molecule has 0 saturated carbocycles. The SMILES string of the molecule is C[Si](C)(C)CCOCn1ccc2scnc21. The van der Waals surface area contributed by atoms with Gasteiger partial charge in [-0.15, -0.1) is 11.3 Å². The van der Waals surface area contributed by atoms with E-state index in [1.807, 2.05) is 11.7 Å². The monoisotopic (exact) mass is 254 g/mol. The number of hydrogen-bond acceptors (Lipinski definition) is 3. The van der Waals surface area contributed by atoms with E-state index in [0.29, 0.717) is 6.73 Å². The number of rotatable bonds is 5. The molecule has 5 heteroatoms. The average molecular weight is 254 g/mol. The van der Waals surface area contributed by atoms with Crippen LogP contribution in [0.25, 0.3) is 10.3 Å². The molecule has 16 heavy (non-hydrogen) atoms. The highest BCUT2D eigenvalue weighted by molar-refractivity contribution is 7.16. The Balaban J connectivity index is 1.85.